The number of nitrogens with one attached hydrogen (secondary N) is 2. The standard InChI is InChI=1S/C30H51N3O4/c1-13-15-22(6)31-26(34)25(24-20(4)16-14-17-21(24)5)33(29(7,8)9)27(35)23(18-19(2)3)32-28(36)37-30(10,11)12/h14,16-17,19,22-23,25H,13,15,18H2,1-12H3,(H,31,34)(H,32,36). The first-order valence-corrected chi connectivity index (χ1v) is 13.6. The molecule has 0 aromatic heterocycles. The fourth-order valence-corrected chi connectivity index (χ4v) is 4.62. The Bertz CT molecular complexity index is 907. The Hall–Kier alpha value is -2.57. The zero-order valence-electron chi connectivity index (χ0n) is 25.2. The molecule has 7 heteroatoms. The Kier molecular flexibility index (Phi) is 11.7. The first-order chi connectivity index (χ1) is 16.9. The fourth-order valence-electron chi connectivity index (χ4n) is 4.62. The van der Waals surface area contributed by atoms with Crippen LogP contribution in [0.15, 0.2) is 18.2 Å². The molecule has 7 nitrogen and oxygen atoms in total. The van der Waals surface area contributed by atoms with Crippen LogP contribution in [0.2, 0.25) is 0 Å². The minimum Gasteiger partial charge on any atom is -0.444 e. The summed E-state index contributed by atoms with van der Waals surface area (Å²) in [6.45, 7) is 23.1. The summed E-state index contributed by atoms with van der Waals surface area (Å²) in [5, 5.41) is 5.96. The van der Waals surface area contributed by atoms with Gasteiger partial charge in [0.2, 0.25) is 11.8 Å². The molecule has 0 saturated carbocycles. The second-order valence-electron chi connectivity index (χ2n) is 12.6. The molecule has 0 aliphatic carbocycles. The highest BCUT2D eigenvalue weighted by Gasteiger charge is 2.43. The van der Waals surface area contributed by atoms with E-state index in [0.29, 0.717) is 6.42 Å². The van der Waals surface area contributed by atoms with Crippen molar-refractivity contribution in [3.63, 3.8) is 0 Å². The van der Waals surface area contributed by atoms with Crippen molar-refractivity contribution in [1.82, 2.24) is 15.5 Å². The number of hydrogen-bond donors (Lipinski definition) is 2. The van der Waals surface area contributed by atoms with E-state index in [1.54, 1.807) is 25.7 Å². The van der Waals surface area contributed by atoms with E-state index in [2.05, 4.69) is 17.6 Å². The van der Waals surface area contributed by atoms with Gasteiger partial charge >= 0.3 is 6.09 Å². The normalized spacial score (nSPS) is 14.5. The number of alkyl carbamates (subject to hydrolysis) is 1. The number of benzene rings is 1. The van der Waals surface area contributed by atoms with Crippen molar-refractivity contribution in [2.45, 2.75) is 132 Å². The molecule has 2 N–H and O–H groups in total. The topological polar surface area (TPSA) is 87.7 Å². The third-order valence-corrected chi connectivity index (χ3v) is 6.09. The van der Waals surface area contributed by atoms with Crippen molar-refractivity contribution in [2.24, 2.45) is 5.92 Å². The van der Waals surface area contributed by atoms with E-state index in [1.807, 2.05) is 73.6 Å². The van der Waals surface area contributed by atoms with Gasteiger partial charge in [0.25, 0.3) is 0 Å². The molecule has 0 fully saturated rings. The summed E-state index contributed by atoms with van der Waals surface area (Å²) in [5.41, 5.74) is 1.27. The molecule has 0 aliphatic rings. The van der Waals surface area contributed by atoms with Crippen LogP contribution < -0.4 is 10.6 Å². The summed E-state index contributed by atoms with van der Waals surface area (Å²) in [5.74, 6) is -0.400. The van der Waals surface area contributed by atoms with Gasteiger partial charge in [0.1, 0.15) is 17.7 Å². The maximum atomic E-state index is 14.4. The molecular weight excluding hydrogens is 466 g/mol. The lowest BCUT2D eigenvalue weighted by atomic mass is 9.89. The van der Waals surface area contributed by atoms with Gasteiger partial charge in [-0.3, -0.25) is 9.59 Å². The Morgan fingerprint density at radius 2 is 1.49 bits per heavy atom. The van der Waals surface area contributed by atoms with E-state index in [9.17, 15) is 14.4 Å². The van der Waals surface area contributed by atoms with Gasteiger partial charge in [-0.15, -0.1) is 0 Å². The fraction of sp³-hybridized carbons (Fsp3) is 0.700. The molecule has 1 rings (SSSR count). The molecule has 0 bridgehead atoms. The average Bonchev–Trinajstić information content (AvgIpc) is 2.69. The van der Waals surface area contributed by atoms with Crippen LogP contribution in [0.25, 0.3) is 0 Å². The third-order valence-electron chi connectivity index (χ3n) is 6.09. The minimum absolute atomic E-state index is 0.0346. The van der Waals surface area contributed by atoms with Crippen molar-refractivity contribution < 1.29 is 19.1 Å². The van der Waals surface area contributed by atoms with Gasteiger partial charge in [0.05, 0.1) is 0 Å². The Morgan fingerprint density at radius 3 is 1.92 bits per heavy atom. The lowest BCUT2D eigenvalue weighted by Crippen LogP contribution is -2.59. The van der Waals surface area contributed by atoms with Crippen LogP contribution >= 0.6 is 0 Å². The van der Waals surface area contributed by atoms with Crippen LogP contribution in [-0.4, -0.2) is 46.0 Å². The highest BCUT2D eigenvalue weighted by molar-refractivity contribution is 5.93. The van der Waals surface area contributed by atoms with Crippen LogP contribution in [0.1, 0.15) is 111 Å². The molecule has 1 aromatic carbocycles. The van der Waals surface area contributed by atoms with E-state index in [-0.39, 0.29) is 23.8 Å². The smallest absolute Gasteiger partial charge is 0.408 e. The molecule has 3 unspecified atom stereocenters. The van der Waals surface area contributed by atoms with Gasteiger partial charge in [-0.2, -0.15) is 0 Å². The van der Waals surface area contributed by atoms with Crippen LogP contribution in [0, 0.1) is 19.8 Å². The molecule has 0 saturated heterocycles. The molecule has 1 aromatic rings. The second-order valence-corrected chi connectivity index (χ2v) is 12.6. The van der Waals surface area contributed by atoms with Crippen molar-refractivity contribution >= 4 is 17.9 Å². The van der Waals surface area contributed by atoms with Gasteiger partial charge in [-0.25, -0.2) is 4.79 Å². The second kappa shape index (κ2) is 13.3. The Balaban J connectivity index is 3.68. The van der Waals surface area contributed by atoms with Gasteiger partial charge in [0, 0.05) is 11.6 Å². The van der Waals surface area contributed by atoms with Gasteiger partial charge in [-0.1, -0.05) is 45.4 Å². The highest BCUT2D eigenvalue weighted by atomic mass is 16.6. The maximum Gasteiger partial charge on any atom is 0.408 e. The van der Waals surface area contributed by atoms with Gasteiger partial charge in [-0.05, 0) is 97.8 Å². The zero-order valence-corrected chi connectivity index (χ0v) is 25.2. The SMILES string of the molecule is CCCC(C)NC(=O)C(c1c(C)cccc1C)N(C(=O)C(CC(C)C)NC(=O)OC(C)(C)C)C(C)(C)C. The maximum absolute atomic E-state index is 14.4. The third kappa shape index (κ3) is 10.0. The lowest BCUT2D eigenvalue weighted by Gasteiger charge is -2.44. The molecule has 3 amide bonds. The molecule has 210 valence electrons. The lowest BCUT2D eigenvalue weighted by molar-refractivity contribution is -0.149. The minimum atomic E-state index is -0.858. The summed E-state index contributed by atoms with van der Waals surface area (Å²) in [6.07, 6.45) is 1.54. The number of ether oxygens (including phenoxy) is 1. The zero-order chi connectivity index (χ0) is 28.7. The number of carbonyl (C=O) groups excluding carboxylic acids is 3. The predicted octanol–water partition coefficient (Wildman–Crippen LogP) is 6.22. The number of aryl methyl sites for hydroxylation is 2. The van der Waals surface area contributed by atoms with Crippen LogP contribution in [0.3, 0.4) is 0 Å². The number of hydrogen-bond acceptors (Lipinski definition) is 4. The van der Waals surface area contributed by atoms with E-state index >= 15 is 0 Å². The quantitative estimate of drug-likeness (QED) is 0.386. The molecule has 3 atom stereocenters. The number of amides is 3. The molecular formula is C30H51N3O4. The summed E-state index contributed by atoms with van der Waals surface area (Å²) < 4.78 is 5.48. The largest absolute Gasteiger partial charge is 0.444 e. The van der Waals surface area contributed by atoms with Crippen molar-refractivity contribution in [3.05, 3.63) is 34.9 Å². The molecule has 0 heterocycles. The van der Waals surface area contributed by atoms with Crippen molar-refractivity contribution in [2.75, 3.05) is 0 Å². The van der Waals surface area contributed by atoms with Crippen molar-refractivity contribution in [3.8, 4) is 0 Å². The highest BCUT2D eigenvalue weighted by Crippen LogP contribution is 2.34. The monoisotopic (exact) mass is 517 g/mol. The van der Waals surface area contributed by atoms with Gasteiger partial charge in [0.15, 0.2) is 0 Å². The van der Waals surface area contributed by atoms with Crippen LogP contribution in [0.4, 0.5) is 4.79 Å². The predicted molar refractivity (Wildman–Crippen MR) is 150 cm³/mol. The van der Waals surface area contributed by atoms with Gasteiger partial charge < -0.3 is 20.3 Å². The van der Waals surface area contributed by atoms with Crippen LogP contribution in [-0.2, 0) is 14.3 Å². The Labute approximate surface area is 225 Å². The van der Waals surface area contributed by atoms with E-state index in [1.165, 1.54) is 0 Å². The van der Waals surface area contributed by atoms with Crippen LogP contribution in [0.5, 0.6) is 0 Å². The number of carbonyl (C=O) groups is 3. The number of nitrogens with zero attached hydrogens (tertiary/aromatic N) is 1. The number of rotatable bonds is 10. The molecule has 0 aliphatic heterocycles. The molecule has 37 heavy (non-hydrogen) atoms. The summed E-state index contributed by atoms with van der Waals surface area (Å²) in [4.78, 5) is 42.7. The first kappa shape index (κ1) is 32.5. The first-order valence-electron chi connectivity index (χ1n) is 13.6. The average molecular weight is 518 g/mol. The summed E-state index contributed by atoms with van der Waals surface area (Å²) in [7, 11) is 0. The van der Waals surface area contributed by atoms with E-state index < -0.39 is 29.3 Å². The molecule has 0 radical (unpaired) electrons. The van der Waals surface area contributed by atoms with E-state index in [4.69, 9.17) is 4.74 Å². The summed E-state index contributed by atoms with van der Waals surface area (Å²) in [6, 6.07) is 4.15. The summed E-state index contributed by atoms with van der Waals surface area (Å²) >= 11 is 0. The van der Waals surface area contributed by atoms with Crippen molar-refractivity contribution in [1.29, 1.82) is 0 Å². The Morgan fingerprint density at radius 1 is 0.946 bits per heavy atom. The molecule has 0 spiro atoms. The van der Waals surface area contributed by atoms with E-state index in [0.717, 1.165) is 29.5 Å².